The van der Waals surface area contributed by atoms with Gasteiger partial charge in [-0.25, -0.2) is 0 Å². The molecule has 0 aliphatic rings. The minimum absolute atomic E-state index is 0.0749. The zero-order valence-corrected chi connectivity index (χ0v) is 10.0. The molecule has 1 unspecified atom stereocenters. The molecule has 0 bridgehead atoms. The zero-order chi connectivity index (χ0) is 12.2. The van der Waals surface area contributed by atoms with Gasteiger partial charge in [-0.05, 0) is 19.4 Å². The van der Waals surface area contributed by atoms with Crippen molar-refractivity contribution in [2.24, 2.45) is 0 Å². The van der Waals surface area contributed by atoms with Gasteiger partial charge in [0.15, 0.2) is 0 Å². The monoisotopic (exact) mass is 225 g/mol. The van der Waals surface area contributed by atoms with Gasteiger partial charge in [-0.1, -0.05) is 13.8 Å². The third-order valence-electron chi connectivity index (χ3n) is 2.86. The highest BCUT2D eigenvalue weighted by molar-refractivity contribution is 5.95. The molecule has 0 radical (unpaired) electrons. The average Bonchev–Trinajstić information content (AvgIpc) is 2.76. The van der Waals surface area contributed by atoms with Gasteiger partial charge in [0, 0.05) is 6.42 Å². The molecule has 1 rings (SSSR count). The maximum absolute atomic E-state index is 11.9. The Morgan fingerprint density at radius 1 is 1.56 bits per heavy atom. The van der Waals surface area contributed by atoms with Crippen LogP contribution in [0.2, 0.25) is 0 Å². The van der Waals surface area contributed by atoms with Gasteiger partial charge in [-0.15, -0.1) is 0 Å². The lowest BCUT2D eigenvalue weighted by Crippen LogP contribution is -2.48. The molecule has 0 saturated carbocycles. The van der Waals surface area contributed by atoms with Crippen molar-refractivity contribution in [3.63, 3.8) is 0 Å². The smallest absolute Gasteiger partial charge is 0.255 e. The number of nitrogens with one attached hydrogen (secondary N) is 1. The number of aryl methyl sites for hydroxylation is 1. The second kappa shape index (κ2) is 5.16. The van der Waals surface area contributed by atoms with Crippen molar-refractivity contribution in [3.05, 3.63) is 23.7 Å². The van der Waals surface area contributed by atoms with E-state index in [0.29, 0.717) is 24.2 Å². The summed E-state index contributed by atoms with van der Waals surface area (Å²) in [6, 6.07) is 1.65. The maximum atomic E-state index is 11.9. The van der Waals surface area contributed by atoms with Crippen molar-refractivity contribution >= 4 is 5.91 Å². The zero-order valence-electron chi connectivity index (χ0n) is 10.0. The van der Waals surface area contributed by atoms with E-state index >= 15 is 0 Å². The first-order valence-corrected chi connectivity index (χ1v) is 5.56. The van der Waals surface area contributed by atoms with Crippen LogP contribution in [0, 0.1) is 0 Å². The van der Waals surface area contributed by atoms with Gasteiger partial charge in [0.2, 0.25) is 0 Å². The summed E-state index contributed by atoms with van der Waals surface area (Å²) < 4.78 is 5.19. The molecule has 16 heavy (non-hydrogen) atoms. The van der Waals surface area contributed by atoms with Crippen LogP contribution in [0.3, 0.4) is 0 Å². The van der Waals surface area contributed by atoms with Crippen LogP contribution in [0.1, 0.15) is 43.3 Å². The predicted octanol–water partition coefficient (Wildman–Crippen LogP) is 1.73. The van der Waals surface area contributed by atoms with Crippen molar-refractivity contribution in [3.8, 4) is 0 Å². The number of carbonyl (C=O) groups is 1. The second-order valence-corrected chi connectivity index (χ2v) is 4.14. The number of furan rings is 1. The van der Waals surface area contributed by atoms with Crippen LogP contribution in [-0.2, 0) is 6.42 Å². The molecule has 4 heteroatoms. The van der Waals surface area contributed by atoms with Gasteiger partial charge in [-0.2, -0.15) is 0 Å². The lowest BCUT2D eigenvalue weighted by atomic mass is 9.99. The number of amides is 1. The Labute approximate surface area is 95.7 Å². The van der Waals surface area contributed by atoms with E-state index in [2.05, 4.69) is 5.32 Å². The highest BCUT2D eigenvalue weighted by atomic mass is 16.3. The molecule has 0 aliphatic carbocycles. The molecule has 4 nitrogen and oxygen atoms in total. The SMILES string of the molecule is CCc1occc1C(=O)NC(C)(CC)CO. The molecule has 0 fully saturated rings. The summed E-state index contributed by atoms with van der Waals surface area (Å²) in [5.74, 6) is 0.484. The summed E-state index contributed by atoms with van der Waals surface area (Å²) >= 11 is 0. The van der Waals surface area contributed by atoms with Crippen molar-refractivity contribution in [2.75, 3.05) is 6.61 Å². The molecule has 90 valence electrons. The Hall–Kier alpha value is -1.29. The summed E-state index contributed by atoms with van der Waals surface area (Å²) in [6.07, 6.45) is 2.86. The molecule has 1 amide bonds. The summed E-state index contributed by atoms with van der Waals surface area (Å²) in [5, 5.41) is 12.0. The van der Waals surface area contributed by atoms with E-state index in [1.54, 1.807) is 6.07 Å². The number of rotatable bonds is 5. The quantitative estimate of drug-likeness (QED) is 0.802. The van der Waals surface area contributed by atoms with Crippen LogP contribution in [0.15, 0.2) is 16.7 Å². The van der Waals surface area contributed by atoms with Crippen LogP contribution in [0.4, 0.5) is 0 Å². The first-order chi connectivity index (χ1) is 7.56. The minimum Gasteiger partial charge on any atom is -0.469 e. The number of carbonyl (C=O) groups excluding carboxylic acids is 1. The Bertz CT molecular complexity index is 353. The van der Waals surface area contributed by atoms with Gasteiger partial charge in [-0.3, -0.25) is 4.79 Å². The summed E-state index contributed by atoms with van der Waals surface area (Å²) in [4.78, 5) is 11.9. The summed E-state index contributed by atoms with van der Waals surface area (Å²) in [6.45, 7) is 5.60. The van der Waals surface area contributed by atoms with E-state index < -0.39 is 5.54 Å². The fraction of sp³-hybridized carbons (Fsp3) is 0.583. The molecular formula is C12H19NO3. The fourth-order valence-electron chi connectivity index (χ4n) is 1.40. The van der Waals surface area contributed by atoms with E-state index in [-0.39, 0.29) is 12.5 Å². The number of aliphatic hydroxyl groups is 1. The second-order valence-electron chi connectivity index (χ2n) is 4.14. The standard InChI is InChI=1S/C12H19NO3/c1-4-10-9(6-7-16-10)11(15)13-12(3,5-2)8-14/h6-7,14H,4-5,8H2,1-3H3,(H,13,15). The van der Waals surface area contributed by atoms with Crippen molar-refractivity contribution in [1.82, 2.24) is 5.32 Å². The molecule has 0 saturated heterocycles. The molecule has 1 aromatic heterocycles. The van der Waals surface area contributed by atoms with Crippen molar-refractivity contribution < 1.29 is 14.3 Å². The normalized spacial score (nSPS) is 14.5. The molecule has 0 aromatic carbocycles. The van der Waals surface area contributed by atoms with Gasteiger partial charge in [0.05, 0.1) is 24.0 Å². The Morgan fingerprint density at radius 3 is 2.75 bits per heavy atom. The topological polar surface area (TPSA) is 62.5 Å². The van der Waals surface area contributed by atoms with Crippen LogP contribution >= 0.6 is 0 Å². The highest BCUT2D eigenvalue weighted by Crippen LogP contribution is 2.14. The third kappa shape index (κ3) is 2.64. The molecule has 2 N–H and O–H groups in total. The van der Waals surface area contributed by atoms with Crippen molar-refractivity contribution in [2.45, 2.75) is 39.2 Å². The highest BCUT2D eigenvalue weighted by Gasteiger charge is 2.25. The van der Waals surface area contributed by atoms with Crippen LogP contribution in [0.5, 0.6) is 0 Å². The van der Waals surface area contributed by atoms with Gasteiger partial charge < -0.3 is 14.8 Å². The van der Waals surface area contributed by atoms with E-state index in [4.69, 9.17) is 4.42 Å². The molecule has 1 aromatic rings. The molecule has 1 heterocycles. The van der Waals surface area contributed by atoms with E-state index in [9.17, 15) is 9.90 Å². The van der Waals surface area contributed by atoms with Gasteiger partial charge in [0.1, 0.15) is 5.76 Å². The van der Waals surface area contributed by atoms with Gasteiger partial charge in [0.25, 0.3) is 5.91 Å². The molecule has 1 atom stereocenters. The largest absolute Gasteiger partial charge is 0.469 e. The summed E-state index contributed by atoms with van der Waals surface area (Å²) in [5.41, 5.74) is -0.0186. The average molecular weight is 225 g/mol. The third-order valence-corrected chi connectivity index (χ3v) is 2.86. The van der Waals surface area contributed by atoms with Crippen LogP contribution in [-0.4, -0.2) is 23.2 Å². The lowest BCUT2D eigenvalue weighted by Gasteiger charge is -2.27. The molecule has 0 aliphatic heterocycles. The fourth-order valence-corrected chi connectivity index (χ4v) is 1.40. The van der Waals surface area contributed by atoms with Crippen LogP contribution in [0.25, 0.3) is 0 Å². The first-order valence-electron chi connectivity index (χ1n) is 5.56. The Kier molecular flexibility index (Phi) is 4.12. The number of hydrogen-bond acceptors (Lipinski definition) is 3. The molecular weight excluding hydrogens is 206 g/mol. The van der Waals surface area contributed by atoms with E-state index in [1.165, 1.54) is 6.26 Å². The maximum Gasteiger partial charge on any atom is 0.255 e. The Balaban J connectivity index is 2.80. The van der Waals surface area contributed by atoms with Crippen LogP contribution < -0.4 is 5.32 Å². The summed E-state index contributed by atoms with van der Waals surface area (Å²) in [7, 11) is 0. The van der Waals surface area contributed by atoms with E-state index in [0.717, 1.165) is 0 Å². The first kappa shape index (κ1) is 12.8. The van der Waals surface area contributed by atoms with Gasteiger partial charge >= 0.3 is 0 Å². The minimum atomic E-state index is -0.570. The van der Waals surface area contributed by atoms with Crippen molar-refractivity contribution in [1.29, 1.82) is 0 Å². The number of hydrogen-bond donors (Lipinski definition) is 2. The number of aliphatic hydroxyl groups excluding tert-OH is 1. The lowest BCUT2D eigenvalue weighted by molar-refractivity contribution is 0.0845. The molecule has 0 spiro atoms. The Morgan fingerprint density at radius 2 is 2.25 bits per heavy atom. The predicted molar refractivity (Wildman–Crippen MR) is 61.3 cm³/mol. The van der Waals surface area contributed by atoms with E-state index in [1.807, 2.05) is 20.8 Å².